The second-order valence-corrected chi connectivity index (χ2v) is 6.64. The predicted molar refractivity (Wildman–Crippen MR) is 107 cm³/mol. The Bertz CT molecular complexity index is 1020. The van der Waals surface area contributed by atoms with Crippen molar-refractivity contribution in [1.82, 2.24) is 15.5 Å². The first-order chi connectivity index (χ1) is 15.1. The predicted octanol–water partition coefficient (Wildman–Crippen LogP) is -1.70. The molecule has 0 radical (unpaired) electrons. The van der Waals surface area contributed by atoms with Crippen LogP contribution in [-0.2, 0) is 9.63 Å². The number of amides is 3. The summed E-state index contributed by atoms with van der Waals surface area (Å²) in [6, 6.07) is 4.34. The van der Waals surface area contributed by atoms with E-state index >= 15 is 0 Å². The van der Waals surface area contributed by atoms with Gasteiger partial charge in [-0.2, -0.15) is 5.10 Å². The van der Waals surface area contributed by atoms with Crippen molar-refractivity contribution < 1.29 is 62.7 Å². The van der Waals surface area contributed by atoms with Gasteiger partial charge in [0, 0.05) is 30.6 Å². The Hall–Kier alpha value is -2.93. The van der Waals surface area contributed by atoms with Gasteiger partial charge in [0.05, 0.1) is 29.9 Å². The van der Waals surface area contributed by atoms with Crippen LogP contribution in [0.15, 0.2) is 41.6 Å². The van der Waals surface area contributed by atoms with E-state index in [1.54, 1.807) is 7.05 Å². The number of hydrogen-bond donors (Lipinski definition) is 2. The molecule has 3 rings (SSSR count). The number of carbonyl (C=O) groups is 3. The zero-order valence-corrected chi connectivity index (χ0v) is 20.4. The number of hydroxylamine groups is 2. The second-order valence-electron chi connectivity index (χ2n) is 6.64. The topological polar surface area (TPSA) is 136 Å². The number of carboxylic acid groups (broad SMARTS) is 1. The molecule has 33 heavy (non-hydrogen) atoms. The van der Waals surface area contributed by atoms with Crippen LogP contribution in [0, 0.1) is 17.6 Å². The Morgan fingerprint density at radius 3 is 2.39 bits per heavy atom. The molecule has 3 amide bonds. The van der Waals surface area contributed by atoms with Crippen LogP contribution in [0.1, 0.15) is 29.9 Å². The summed E-state index contributed by atoms with van der Waals surface area (Å²) in [5, 5.41) is 18.1. The van der Waals surface area contributed by atoms with Crippen LogP contribution >= 0.6 is 0 Å². The van der Waals surface area contributed by atoms with Gasteiger partial charge in [-0.15, -0.1) is 0 Å². The van der Waals surface area contributed by atoms with Gasteiger partial charge in [-0.05, 0) is 31.2 Å². The molecule has 10 nitrogen and oxygen atoms in total. The average Bonchev–Trinajstić information content (AvgIpc) is 3.02. The van der Waals surface area contributed by atoms with E-state index in [9.17, 15) is 28.3 Å². The first-order valence-corrected chi connectivity index (χ1v) is 9.23. The molecule has 2 N–H and O–H groups in total. The SMILES string of the molecule is C/C(=N\NC(=O)Nc1cc(F)cc(F)c1)c1ncccc1C(=O)[O-].CC1CON(C)C1=O.[Na+]. The molecule has 0 bridgehead atoms. The maximum absolute atomic E-state index is 13.0. The van der Waals surface area contributed by atoms with E-state index in [1.165, 1.54) is 30.3 Å². The first kappa shape index (κ1) is 28.1. The number of aromatic carboxylic acids is 1. The molecule has 1 saturated heterocycles. The molecule has 1 aromatic carbocycles. The Morgan fingerprint density at radius 1 is 1.27 bits per heavy atom. The van der Waals surface area contributed by atoms with Crippen LogP contribution in [0.3, 0.4) is 0 Å². The van der Waals surface area contributed by atoms with Crippen LogP contribution < -0.4 is 45.4 Å². The number of halogens is 2. The first-order valence-electron chi connectivity index (χ1n) is 9.23. The van der Waals surface area contributed by atoms with Gasteiger partial charge in [0.25, 0.3) is 5.91 Å². The van der Waals surface area contributed by atoms with Crippen molar-refractivity contribution in [2.45, 2.75) is 13.8 Å². The molecular formula is C20H20F2N5NaO5. The van der Waals surface area contributed by atoms with E-state index < -0.39 is 23.6 Å². The van der Waals surface area contributed by atoms with Crippen molar-refractivity contribution in [3.63, 3.8) is 0 Å². The molecule has 2 aromatic rings. The van der Waals surface area contributed by atoms with Gasteiger partial charge in [-0.25, -0.2) is 24.1 Å². The maximum atomic E-state index is 13.0. The van der Waals surface area contributed by atoms with Crippen LogP contribution in [0.25, 0.3) is 0 Å². The number of carbonyl (C=O) groups excluding carboxylic acids is 3. The minimum Gasteiger partial charge on any atom is -0.545 e. The molecule has 0 saturated carbocycles. The van der Waals surface area contributed by atoms with Gasteiger partial charge in [-0.3, -0.25) is 14.6 Å². The second kappa shape index (κ2) is 12.9. The van der Waals surface area contributed by atoms with Crippen LogP contribution in [-0.4, -0.2) is 47.3 Å². The average molecular weight is 471 g/mol. The number of urea groups is 1. The third-order valence-corrected chi connectivity index (χ3v) is 4.07. The molecule has 1 aromatic heterocycles. The van der Waals surface area contributed by atoms with E-state index in [4.69, 9.17) is 4.84 Å². The van der Waals surface area contributed by atoms with Gasteiger partial charge in [0.1, 0.15) is 11.6 Å². The third kappa shape index (κ3) is 8.50. The number of pyridine rings is 1. The number of nitrogens with one attached hydrogen (secondary N) is 2. The van der Waals surface area contributed by atoms with Crippen LogP contribution in [0.2, 0.25) is 0 Å². The van der Waals surface area contributed by atoms with Gasteiger partial charge in [-0.1, -0.05) is 6.92 Å². The third-order valence-electron chi connectivity index (χ3n) is 4.07. The number of hydrazone groups is 1. The van der Waals surface area contributed by atoms with Crippen molar-refractivity contribution in [3.8, 4) is 0 Å². The summed E-state index contributed by atoms with van der Waals surface area (Å²) in [5.41, 5.74) is 1.91. The number of anilines is 1. The largest absolute Gasteiger partial charge is 1.00 e. The molecule has 1 aliphatic heterocycles. The quantitative estimate of drug-likeness (QED) is 0.310. The van der Waals surface area contributed by atoms with Crippen molar-refractivity contribution in [3.05, 3.63) is 59.4 Å². The molecule has 0 aliphatic carbocycles. The van der Waals surface area contributed by atoms with Crippen molar-refractivity contribution in [2.75, 3.05) is 19.0 Å². The number of carboxylic acids is 1. The van der Waals surface area contributed by atoms with E-state index in [1.807, 2.05) is 6.92 Å². The van der Waals surface area contributed by atoms with E-state index in [2.05, 4.69) is 20.8 Å². The monoisotopic (exact) mass is 471 g/mol. The summed E-state index contributed by atoms with van der Waals surface area (Å²) >= 11 is 0. The summed E-state index contributed by atoms with van der Waals surface area (Å²) in [6.45, 7) is 3.82. The number of nitrogens with zero attached hydrogens (tertiary/aromatic N) is 3. The minimum absolute atomic E-state index is 0. The normalized spacial score (nSPS) is 15.2. The van der Waals surface area contributed by atoms with Gasteiger partial charge in [0.15, 0.2) is 0 Å². The van der Waals surface area contributed by atoms with Crippen molar-refractivity contribution in [2.24, 2.45) is 11.0 Å². The molecule has 1 aliphatic rings. The molecule has 13 heteroatoms. The summed E-state index contributed by atoms with van der Waals surface area (Å²) in [5.74, 6) is -3.01. The number of benzene rings is 1. The van der Waals surface area contributed by atoms with Gasteiger partial charge in [0.2, 0.25) is 0 Å². The summed E-state index contributed by atoms with van der Waals surface area (Å²) in [6.07, 6.45) is 1.36. The van der Waals surface area contributed by atoms with E-state index in [-0.39, 0.29) is 64.0 Å². The zero-order chi connectivity index (χ0) is 23.8. The van der Waals surface area contributed by atoms with E-state index in [0.717, 1.165) is 12.1 Å². The zero-order valence-electron chi connectivity index (χ0n) is 18.4. The number of rotatable bonds is 4. The Morgan fingerprint density at radius 2 is 1.91 bits per heavy atom. The molecule has 2 heterocycles. The molecular weight excluding hydrogens is 451 g/mol. The van der Waals surface area contributed by atoms with Gasteiger partial charge < -0.3 is 15.2 Å². The number of hydrogen-bond acceptors (Lipinski definition) is 7. The molecule has 1 fully saturated rings. The van der Waals surface area contributed by atoms with Crippen molar-refractivity contribution in [1.29, 1.82) is 0 Å². The fourth-order valence-electron chi connectivity index (χ4n) is 2.50. The minimum atomic E-state index is -1.44. The van der Waals surface area contributed by atoms with Crippen LogP contribution in [0.5, 0.6) is 0 Å². The van der Waals surface area contributed by atoms with Crippen molar-refractivity contribution >= 4 is 29.3 Å². The smallest absolute Gasteiger partial charge is 0.545 e. The Labute approximate surface area is 210 Å². The summed E-state index contributed by atoms with van der Waals surface area (Å²) in [7, 11) is 1.63. The Balaban J connectivity index is 0.000000511. The fourth-order valence-corrected chi connectivity index (χ4v) is 2.50. The fraction of sp³-hybridized carbons (Fsp3) is 0.250. The maximum Gasteiger partial charge on any atom is 1.00 e. The standard InChI is InChI=1S/C15H12F2N4O3.C5H9NO2.Na/c1-8(13-12(14(22)23)3-2-4-18-13)20-21-15(24)19-11-6-9(16)5-10(17)7-11;1-4-3-8-6(2)5(4)7;/h2-7H,1H3,(H,22,23)(H2,19,21,24);4H,3H2,1-2H3;/q;;+1/p-1/b20-8+;;. The number of aromatic nitrogens is 1. The summed E-state index contributed by atoms with van der Waals surface area (Å²) < 4.78 is 26.0. The molecule has 0 spiro atoms. The molecule has 1 unspecified atom stereocenters. The van der Waals surface area contributed by atoms with Gasteiger partial charge >= 0.3 is 35.6 Å². The van der Waals surface area contributed by atoms with E-state index in [0.29, 0.717) is 12.7 Å². The molecule has 1 atom stereocenters. The summed E-state index contributed by atoms with van der Waals surface area (Å²) in [4.78, 5) is 42.1. The molecule has 170 valence electrons. The Kier molecular flexibility index (Phi) is 11.0. The van der Waals surface area contributed by atoms with Crippen LogP contribution in [0.4, 0.5) is 19.3 Å².